The van der Waals surface area contributed by atoms with Crippen LogP contribution in [0, 0.1) is 0 Å². The normalized spacial score (nSPS) is 31.1. The number of nitrogens with zero attached hydrogens (tertiary/aromatic N) is 1. The fourth-order valence-electron chi connectivity index (χ4n) is 3.18. The molecular formula is C14H19NOS. The molecule has 2 aliphatic rings. The minimum absolute atomic E-state index is 0.359. The Morgan fingerprint density at radius 1 is 1.06 bits per heavy atom. The van der Waals surface area contributed by atoms with Gasteiger partial charge in [0.25, 0.3) is 0 Å². The molecule has 0 aliphatic carbocycles. The molecule has 0 spiro atoms. The smallest absolute Gasteiger partial charge is 0.0577 e. The van der Waals surface area contributed by atoms with Crippen LogP contribution in [0.2, 0.25) is 0 Å². The van der Waals surface area contributed by atoms with Crippen molar-refractivity contribution in [1.29, 1.82) is 0 Å². The van der Waals surface area contributed by atoms with Crippen LogP contribution < -0.4 is 0 Å². The molecule has 3 atom stereocenters. The van der Waals surface area contributed by atoms with E-state index in [9.17, 15) is 4.21 Å². The summed E-state index contributed by atoms with van der Waals surface area (Å²) in [5.41, 5.74) is 0. The van der Waals surface area contributed by atoms with Gasteiger partial charge in [-0.05, 0) is 44.5 Å². The molecule has 0 radical (unpaired) electrons. The second kappa shape index (κ2) is 4.91. The lowest BCUT2D eigenvalue weighted by Crippen LogP contribution is -2.40. The molecule has 2 heterocycles. The zero-order valence-corrected chi connectivity index (χ0v) is 10.9. The summed E-state index contributed by atoms with van der Waals surface area (Å²) in [5, 5.41) is 0.359. The quantitative estimate of drug-likeness (QED) is 0.802. The fraction of sp³-hybridized carbons (Fsp3) is 0.571. The van der Waals surface area contributed by atoms with Crippen LogP contribution in [0.5, 0.6) is 0 Å². The van der Waals surface area contributed by atoms with Crippen LogP contribution in [0.4, 0.5) is 0 Å². The number of hydrogen-bond donors (Lipinski definition) is 0. The van der Waals surface area contributed by atoms with Gasteiger partial charge in [0.05, 0.1) is 16.0 Å². The highest BCUT2D eigenvalue weighted by Gasteiger charge is 2.39. The first-order chi connectivity index (χ1) is 8.36. The molecule has 3 unspecified atom stereocenters. The third-order valence-corrected chi connectivity index (χ3v) is 5.88. The summed E-state index contributed by atoms with van der Waals surface area (Å²) in [5.74, 6) is 0. The maximum atomic E-state index is 12.6. The van der Waals surface area contributed by atoms with E-state index in [0.29, 0.717) is 11.3 Å². The molecule has 1 aromatic rings. The van der Waals surface area contributed by atoms with Gasteiger partial charge in [-0.1, -0.05) is 24.6 Å². The molecule has 2 aliphatic heterocycles. The van der Waals surface area contributed by atoms with E-state index in [4.69, 9.17) is 0 Å². The van der Waals surface area contributed by atoms with Crippen LogP contribution >= 0.6 is 0 Å². The van der Waals surface area contributed by atoms with Crippen LogP contribution in [0.15, 0.2) is 35.2 Å². The van der Waals surface area contributed by atoms with Crippen LogP contribution in [0.3, 0.4) is 0 Å². The zero-order chi connectivity index (χ0) is 11.7. The van der Waals surface area contributed by atoms with E-state index in [1.54, 1.807) is 0 Å². The Balaban J connectivity index is 1.79. The summed E-state index contributed by atoms with van der Waals surface area (Å²) in [6.07, 6.45) is 4.97. The van der Waals surface area contributed by atoms with Gasteiger partial charge in [0, 0.05) is 10.9 Å². The van der Waals surface area contributed by atoms with Gasteiger partial charge in [-0.15, -0.1) is 0 Å². The highest BCUT2D eigenvalue weighted by atomic mass is 32.2. The van der Waals surface area contributed by atoms with Gasteiger partial charge >= 0.3 is 0 Å². The Kier molecular flexibility index (Phi) is 3.30. The molecule has 3 rings (SSSR count). The molecule has 1 aromatic carbocycles. The number of hydrogen-bond acceptors (Lipinski definition) is 2. The summed E-state index contributed by atoms with van der Waals surface area (Å²) in [6, 6.07) is 10.5. The van der Waals surface area contributed by atoms with E-state index in [-0.39, 0.29) is 0 Å². The van der Waals surface area contributed by atoms with Crippen molar-refractivity contribution >= 4 is 10.8 Å². The van der Waals surface area contributed by atoms with Crippen LogP contribution in [0.25, 0.3) is 0 Å². The average Bonchev–Trinajstić information content (AvgIpc) is 2.83. The number of rotatable bonds is 2. The molecule has 0 saturated carbocycles. The summed E-state index contributed by atoms with van der Waals surface area (Å²) < 4.78 is 12.6. The van der Waals surface area contributed by atoms with E-state index in [1.807, 2.05) is 30.3 Å². The molecule has 0 N–H and O–H groups in total. The Bertz CT molecular complexity index is 406. The molecule has 2 fully saturated rings. The van der Waals surface area contributed by atoms with Gasteiger partial charge in [0.1, 0.15) is 0 Å². The van der Waals surface area contributed by atoms with E-state index in [0.717, 1.165) is 17.9 Å². The lowest BCUT2D eigenvalue weighted by Gasteiger charge is -2.31. The van der Waals surface area contributed by atoms with Gasteiger partial charge in [-0.2, -0.15) is 0 Å². The topological polar surface area (TPSA) is 20.3 Å². The minimum Gasteiger partial charge on any atom is -0.299 e. The SMILES string of the molecule is O=S(c1ccccc1)C1CCN2CCCCC12. The molecule has 0 bridgehead atoms. The predicted molar refractivity (Wildman–Crippen MR) is 70.5 cm³/mol. The number of benzene rings is 1. The first-order valence-electron chi connectivity index (χ1n) is 6.56. The first kappa shape index (κ1) is 11.4. The Morgan fingerprint density at radius 3 is 2.71 bits per heavy atom. The largest absolute Gasteiger partial charge is 0.299 e. The highest BCUT2D eigenvalue weighted by Crippen LogP contribution is 2.32. The Labute approximate surface area is 105 Å². The lowest BCUT2D eigenvalue weighted by atomic mass is 10.0. The van der Waals surface area contributed by atoms with Crippen molar-refractivity contribution in [2.45, 2.75) is 41.9 Å². The van der Waals surface area contributed by atoms with Crippen LogP contribution in [0.1, 0.15) is 25.7 Å². The van der Waals surface area contributed by atoms with Crippen molar-refractivity contribution in [3.63, 3.8) is 0 Å². The number of piperidine rings is 1. The minimum atomic E-state index is -0.819. The second-order valence-corrected chi connectivity index (χ2v) is 6.71. The lowest BCUT2D eigenvalue weighted by molar-refractivity contribution is 0.199. The molecule has 0 amide bonds. The standard InChI is InChI=1S/C14H19NOS/c16-17(12-6-2-1-3-7-12)14-9-11-15-10-5-4-8-13(14)15/h1-3,6-7,13-14H,4-5,8-11H2. The van der Waals surface area contributed by atoms with Crippen molar-refractivity contribution < 1.29 is 4.21 Å². The third kappa shape index (κ3) is 2.18. The Morgan fingerprint density at radius 2 is 1.88 bits per heavy atom. The van der Waals surface area contributed by atoms with Gasteiger partial charge < -0.3 is 0 Å². The number of fused-ring (bicyclic) bond motifs is 1. The van der Waals surface area contributed by atoms with Gasteiger partial charge in [-0.25, -0.2) is 0 Å². The molecule has 2 saturated heterocycles. The average molecular weight is 249 g/mol. The van der Waals surface area contributed by atoms with Gasteiger partial charge in [-0.3, -0.25) is 9.11 Å². The predicted octanol–water partition coefficient (Wildman–Crippen LogP) is 2.42. The summed E-state index contributed by atoms with van der Waals surface area (Å²) >= 11 is 0. The zero-order valence-electron chi connectivity index (χ0n) is 10.0. The van der Waals surface area contributed by atoms with Gasteiger partial charge in [0.2, 0.25) is 0 Å². The van der Waals surface area contributed by atoms with Gasteiger partial charge in [0.15, 0.2) is 0 Å². The van der Waals surface area contributed by atoms with Crippen molar-refractivity contribution in [3.8, 4) is 0 Å². The first-order valence-corrected chi connectivity index (χ1v) is 7.77. The second-order valence-electron chi connectivity index (χ2n) is 5.04. The summed E-state index contributed by atoms with van der Waals surface area (Å²) in [7, 11) is -0.819. The summed E-state index contributed by atoms with van der Waals surface area (Å²) in [4.78, 5) is 3.56. The van der Waals surface area contributed by atoms with E-state index < -0.39 is 10.8 Å². The molecule has 3 heteroatoms. The molecule has 2 nitrogen and oxygen atoms in total. The van der Waals surface area contributed by atoms with Crippen molar-refractivity contribution in [2.24, 2.45) is 0 Å². The molecule has 92 valence electrons. The monoisotopic (exact) mass is 249 g/mol. The molecule has 0 aromatic heterocycles. The van der Waals surface area contributed by atoms with Crippen molar-refractivity contribution in [1.82, 2.24) is 4.90 Å². The highest BCUT2D eigenvalue weighted by molar-refractivity contribution is 7.85. The summed E-state index contributed by atoms with van der Waals surface area (Å²) in [6.45, 7) is 2.36. The Hall–Kier alpha value is -0.670. The molecule has 17 heavy (non-hydrogen) atoms. The third-order valence-electron chi connectivity index (χ3n) is 4.04. The fourth-order valence-corrected chi connectivity index (χ4v) is 4.87. The van der Waals surface area contributed by atoms with Crippen molar-refractivity contribution in [3.05, 3.63) is 30.3 Å². The van der Waals surface area contributed by atoms with Crippen LogP contribution in [-0.2, 0) is 10.8 Å². The van der Waals surface area contributed by atoms with E-state index >= 15 is 0 Å². The maximum Gasteiger partial charge on any atom is 0.0577 e. The van der Waals surface area contributed by atoms with E-state index in [1.165, 1.54) is 25.8 Å². The molecular weight excluding hydrogens is 230 g/mol. The van der Waals surface area contributed by atoms with Crippen molar-refractivity contribution in [2.75, 3.05) is 13.1 Å². The van der Waals surface area contributed by atoms with E-state index in [2.05, 4.69) is 4.90 Å². The maximum absolute atomic E-state index is 12.6. The van der Waals surface area contributed by atoms with Crippen LogP contribution in [-0.4, -0.2) is 33.5 Å².